The standard InChI is InChI=1S/C15H28N2O3/c1-14(2,3)11(12(18)19)17-13(20)15(10-16)8-6-4-5-7-9-15/h11H,4-10,16H2,1-3H3,(H,17,20)(H,18,19). The fourth-order valence-electron chi connectivity index (χ4n) is 2.86. The van der Waals surface area contributed by atoms with Crippen molar-refractivity contribution in [3.8, 4) is 0 Å². The summed E-state index contributed by atoms with van der Waals surface area (Å²) in [7, 11) is 0. The fraction of sp³-hybridized carbons (Fsp3) is 0.867. The molecule has 0 radical (unpaired) electrons. The van der Waals surface area contributed by atoms with E-state index in [1.807, 2.05) is 20.8 Å². The van der Waals surface area contributed by atoms with Crippen LogP contribution in [0.2, 0.25) is 0 Å². The normalized spacial score (nSPS) is 20.8. The van der Waals surface area contributed by atoms with Gasteiger partial charge in [0, 0.05) is 6.54 Å². The van der Waals surface area contributed by atoms with Crippen LogP contribution >= 0.6 is 0 Å². The Balaban J connectivity index is 2.87. The second-order valence-corrected chi connectivity index (χ2v) is 7.01. The number of carbonyl (C=O) groups is 2. The summed E-state index contributed by atoms with van der Waals surface area (Å²) in [5.74, 6) is -1.18. The number of carboxylic acid groups (broad SMARTS) is 1. The highest BCUT2D eigenvalue weighted by atomic mass is 16.4. The molecule has 0 spiro atoms. The topological polar surface area (TPSA) is 92.4 Å². The molecule has 0 saturated heterocycles. The Labute approximate surface area is 121 Å². The maximum atomic E-state index is 12.6. The zero-order valence-electron chi connectivity index (χ0n) is 12.9. The van der Waals surface area contributed by atoms with Crippen molar-refractivity contribution in [2.24, 2.45) is 16.6 Å². The van der Waals surface area contributed by atoms with Crippen molar-refractivity contribution >= 4 is 11.9 Å². The predicted molar refractivity (Wildman–Crippen MR) is 78.2 cm³/mol. The number of nitrogens with one attached hydrogen (secondary N) is 1. The molecule has 116 valence electrons. The molecule has 0 bridgehead atoms. The highest BCUT2D eigenvalue weighted by Gasteiger charge is 2.41. The van der Waals surface area contributed by atoms with Crippen LogP contribution in [0, 0.1) is 10.8 Å². The summed E-state index contributed by atoms with van der Waals surface area (Å²) in [6.45, 7) is 5.73. The number of hydrogen-bond donors (Lipinski definition) is 3. The summed E-state index contributed by atoms with van der Waals surface area (Å²) in [5.41, 5.74) is 4.75. The SMILES string of the molecule is CC(C)(C)C(NC(=O)C1(CN)CCCCCC1)C(=O)O. The lowest BCUT2D eigenvalue weighted by atomic mass is 9.78. The van der Waals surface area contributed by atoms with Crippen LogP contribution in [0.4, 0.5) is 0 Å². The number of hydrogen-bond acceptors (Lipinski definition) is 3. The van der Waals surface area contributed by atoms with Gasteiger partial charge >= 0.3 is 5.97 Å². The maximum Gasteiger partial charge on any atom is 0.326 e. The minimum atomic E-state index is -0.994. The molecule has 0 aliphatic heterocycles. The van der Waals surface area contributed by atoms with Crippen LogP contribution in [0.15, 0.2) is 0 Å². The van der Waals surface area contributed by atoms with Gasteiger partial charge in [-0.25, -0.2) is 4.79 Å². The third kappa shape index (κ3) is 3.95. The number of nitrogens with two attached hydrogens (primary N) is 1. The zero-order valence-corrected chi connectivity index (χ0v) is 12.9. The van der Waals surface area contributed by atoms with E-state index in [1.54, 1.807) is 0 Å². The lowest BCUT2D eigenvalue weighted by molar-refractivity contribution is -0.147. The molecule has 20 heavy (non-hydrogen) atoms. The molecule has 5 nitrogen and oxygen atoms in total. The molecule has 1 aliphatic rings. The molecule has 1 aliphatic carbocycles. The monoisotopic (exact) mass is 284 g/mol. The van der Waals surface area contributed by atoms with Crippen molar-refractivity contribution < 1.29 is 14.7 Å². The molecule has 1 fully saturated rings. The van der Waals surface area contributed by atoms with Crippen molar-refractivity contribution in [2.75, 3.05) is 6.54 Å². The van der Waals surface area contributed by atoms with E-state index >= 15 is 0 Å². The number of carbonyl (C=O) groups excluding carboxylic acids is 1. The third-order valence-electron chi connectivity index (χ3n) is 4.32. The quantitative estimate of drug-likeness (QED) is 0.687. The lowest BCUT2D eigenvalue weighted by Crippen LogP contribution is -2.55. The molecule has 4 N–H and O–H groups in total. The Kier molecular flexibility index (Phi) is 5.57. The summed E-state index contributed by atoms with van der Waals surface area (Å²) in [4.78, 5) is 24.0. The third-order valence-corrected chi connectivity index (χ3v) is 4.32. The van der Waals surface area contributed by atoms with Crippen LogP contribution in [0.1, 0.15) is 59.3 Å². The van der Waals surface area contributed by atoms with Gasteiger partial charge < -0.3 is 16.2 Å². The number of carboxylic acids is 1. The molecule has 5 heteroatoms. The van der Waals surface area contributed by atoms with Crippen LogP contribution < -0.4 is 11.1 Å². The molecule has 0 aromatic rings. The Hall–Kier alpha value is -1.10. The minimum absolute atomic E-state index is 0.191. The first-order valence-corrected chi connectivity index (χ1v) is 7.47. The molecular formula is C15H28N2O3. The van der Waals surface area contributed by atoms with Gasteiger partial charge in [0.15, 0.2) is 0 Å². The van der Waals surface area contributed by atoms with E-state index in [9.17, 15) is 14.7 Å². The largest absolute Gasteiger partial charge is 0.480 e. The molecule has 1 atom stereocenters. The summed E-state index contributed by atoms with van der Waals surface area (Å²) >= 11 is 0. The van der Waals surface area contributed by atoms with E-state index in [0.717, 1.165) is 38.5 Å². The van der Waals surface area contributed by atoms with E-state index in [2.05, 4.69) is 5.32 Å². The predicted octanol–water partition coefficient (Wildman–Crippen LogP) is 1.90. The molecule has 0 aromatic carbocycles. The number of aliphatic carboxylic acids is 1. The van der Waals surface area contributed by atoms with E-state index in [-0.39, 0.29) is 12.5 Å². The smallest absolute Gasteiger partial charge is 0.326 e. The number of amides is 1. The van der Waals surface area contributed by atoms with E-state index < -0.39 is 22.8 Å². The van der Waals surface area contributed by atoms with Gasteiger partial charge in [0.05, 0.1) is 5.41 Å². The van der Waals surface area contributed by atoms with E-state index in [1.165, 1.54) is 0 Å². The van der Waals surface area contributed by atoms with Crippen LogP contribution in [-0.4, -0.2) is 29.6 Å². The molecule has 0 aromatic heterocycles. The zero-order chi connectivity index (χ0) is 15.4. The summed E-state index contributed by atoms with van der Waals surface area (Å²) in [6.07, 6.45) is 5.72. The van der Waals surface area contributed by atoms with Crippen LogP contribution in [0.25, 0.3) is 0 Å². The van der Waals surface area contributed by atoms with Crippen LogP contribution in [0.3, 0.4) is 0 Å². The van der Waals surface area contributed by atoms with Gasteiger partial charge in [-0.2, -0.15) is 0 Å². The van der Waals surface area contributed by atoms with Crippen molar-refractivity contribution in [1.29, 1.82) is 0 Å². The van der Waals surface area contributed by atoms with Crippen LogP contribution in [0.5, 0.6) is 0 Å². The lowest BCUT2D eigenvalue weighted by Gasteiger charge is -2.34. The van der Waals surface area contributed by atoms with Crippen molar-refractivity contribution in [2.45, 2.75) is 65.3 Å². The van der Waals surface area contributed by atoms with Gasteiger partial charge in [0.1, 0.15) is 6.04 Å². The molecular weight excluding hydrogens is 256 g/mol. The van der Waals surface area contributed by atoms with Gasteiger partial charge in [0.2, 0.25) is 5.91 Å². The Morgan fingerprint density at radius 3 is 2.05 bits per heavy atom. The van der Waals surface area contributed by atoms with Gasteiger partial charge in [-0.3, -0.25) is 4.79 Å². The Morgan fingerprint density at radius 1 is 1.20 bits per heavy atom. The highest BCUT2D eigenvalue weighted by molar-refractivity contribution is 5.88. The van der Waals surface area contributed by atoms with E-state index in [0.29, 0.717) is 0 Å². The van der Waals surface area contributed by atoms with Gasteiger partial charge in [-0.05, 0) is 18.3 Å². The molecule has 1 unspecified atom stereocenters. The van der Waals surface area contributed by atoms with Gasteiger partial charge in [0.25, 0.3) is 0 Å². The van der Waals surface area contributed by atoms with Crippen molar-refractivity contribution in [3.63, 3.8) is 0 Å². The highest BCUT2D eigenvalue weighted by Crippen LogP contribution is 2.35. The number of rotatable bonds is 4. The van der Waals surface area contributed by atoms with Crippen molar-refractivity contribution in [3.05, 3.63) is 0 Å². The Morgan fingerprint density at radius 2 is 1.70 bits per heavy atom. The first kappa shape index (κ1) is 17.0. The average Bonchev–Trinajstić information content (AvgIpc) is 2.60. The molecule has 0 heterocycles. The van der Waals surface area contributed by atoms with Crippen molar-refractivity contribution in [1.82, 2.24) is 5.32 Å². The van der Waals surface area contributed by atoms with Gasteiger partial charge in [-0.15, -0.1) is 0 Å². The minimum Gasteiger partial charge on any atom is -0.480 e. The summed E-state index contributed by atoms with van der Waals surface area (Å²) < 4.78 is 0. The maximum absolute atomic E-state index is 12.6. The average molecular weight is 284 g/mol. The molecule has 1 saturated carbocycles. The Bertz CT molecular complexity index is 353. The van der Waals surface area contributed by atoms with Crippen LogP contribution in [-0.2, 0) is 9.59 Å². The summed E-state index contributed by atoms with van der Waals surface area (Å²) in [5, 5.41) is 12.0. The summed E-state index contributed by atoms with van der Waals surface area (Å²) in [6, 6.07) is -0.887. The van der Waals surface area contributed by atoms with Gasteiger partial charge in [-0.1, -0.05) is 46.5 Å². The second kappa shape index (κ2) is 6.57. The van der Waals surface area contributed by atoms with E-state index in [4.69, 9.17) is 5.73 Å². The first-order chi connectivity index (χ1) is 9.23. The molecule has 1 rings (SSSR count). The second-order valence-electron chi connectivity index (χ2n) is 7.01. The molecule has 1 amide bonds. The fourth-order valence-corrected chi connectivity index (χ4v) is 2.86. The first-order valence-electron chi connectivity index (χ1n) is 7.47.